The van der Waals surface area contributed by atoms with Gasteiger partial charge in [0.15, 0.2) is 5.96 Å². The van der Waals surface area contributed by atoms with E-state index in [9.17, 15) is 4.79 Å². The van der Waals surface area contributed by atoms with Crippen molar-refractivity contribution < 1.29 is 14.3 Å². The van der Waals surface area contributed by atoms with E-state index in [1.165, 1.54) is 6.42 Å². The molecule has 0 aromatic heterocycles. The second kappa shape index (κ2) is 16.1. The summed E-state index contributed by atoms with van der Waals surface area (Å²) >= 11 is 0. The second-order valence-corrected chi connectivity index (χ2v) is 8.11. The zero-order chi connectivity index (χ0) is 22.5. The van der Waals surface area contributed by atoms with Crippen molar-refractivity contribution in [2.45, 2.75) is 65.5 Å². The van der Waals surface area contributed by atoms with Gasteiger partial charge in [0.05, 0.1) is 13.2 Å². The Balaban J connectivity index is 0.00000512. The smallest absolute Gasteiger partial charge is 0.224 e. The van der Waals surface area contributed by atoms with Gasteiger partial charge in [-0.15, -0.1) is 24.0 Å². The lowest BCUT2D eigenvalue weighted by molar-refractivity contribution is -0.134. The van der Waals surface area contributed by atoms with E-state index in [2.05, 4.69) is 42.7 Å². The minimum Gasteiger partial charge on any atom is -0.493 e. The van der Waals surface area contributed by atoms with Crippen LogP contribution in [0.5, 0.6) is 5.75 Å². The summed E-state index contributed by atoms with van der Waals surface area (Å²) in [5.41, 5.74) is 2.20. The number of ether oxygens (including phenoxy) is 2. The largest absolute Gasteiger partial charge is 0.493 e. The van der Waals surface area contributed by atoms with E-state index in [1.807, 2.05) is 11.8 Å². The predicted molar refractivity (Wildman–Crippen MR) is 141 cm³/mol. The average Bonchev–Trinajstić information content (AvgIpc) is 2.76. The topological polar surface area (TPSA) is 75.2 Å². The molecule has 2 rings (SSSR count). The Labute approximate surface area is 210 Å². The number of nitrogens with zero attached hydrogens (tertiary/aromatic N) is 2. The van der Waals surface area contributed by atoms with E-state index in [4.69, 9.17) is 14.5 Å². The number of likely N-dealkylation sites (tertiary alicyclic amines) is 1. The molecule has 1 amide bonds. The molecule has 0 spiro atoms. The van der Waals surface area contributed by atoms with E-state index in [1.54, 1.807) is 7.11 Å². The van der Waals surface area contributed by atoms with Gasteiger partial charge in [0.1, 0.15) is 5.75 Å². The second-order valence-electron chi connectivity index (χ2n) is 8.11. The van der Waals surface area contributed by atoms with Crippen LogP contribution in [0.1, 0.15) is 57.1 Å². The molecule has 1 atom stereocenters. The van der Waals surface area contributed by atoms with Crippen molar-refractivity contribution in [3.63, 3.8) is 0 Å². The third-order valence-electron chi connectivity index (χ3n) is 5.48. The molecule has 0 radical (unpaired) electrons. The summed E-state index contributed by atoms with van der Waals surface area (Å²) in [6.07, 6.45) is 4.77. The Morgan fingerprint density at radius 2 is 2.06 bits per heavy atom. The minimum atomic E-state index is 0. The van der Waals surface area contributed by atoms with E-state index < -0.39 is 0 Å². The van der Waals surface area contributed by atoms with Gasteiger partial charge in [-0.25, -0.2) is 4.99 Å². The van der Waals surface area contributed by atoms with Crippen molar-refractivity contribution in [1.29, 1.82) is 0 Å². The van der Waals surface area contributed by atoms with Crippen molar-refractivity contribution in [2.75, 3.05) is 40.0 Å². The Morgan fingerprint density at radius 3 is 2.78 bits per heavy atom. The maximum absolute atomic E-state index is 12.6. The molecule has 2 N–H and O–H groups in total. The van der Waals surface area contributed by atoms with Crippen LogP contribution in [-0.2, 0) is 16.1 Å². The molecule has 1 aliphatic rings. The first-order valence-electron chi connectivity index (χ1n) is 11.6. The lowest BCUT2D eigenvalue weighted by atomic mass is 10.0. The molecule has 0 saturated carbocycles. The summed E-state index contributed by atoms with van der Waals surface area (Å²) in [6, 6.07) is 6.55. The molecule has 1 aliphatic heterocycles. The molecule has 7 nitrogen and oxygen atoms in total. The fraction of sp³-hybridized carbons (Fsp3) is 0.667. The number of guanidine groups is 1. The van der Waals surface area contributed by atoms with Crippen molar-refractivity contribution in [3.8, 4) is 5.75 Å². The number of carbonyl (C=O) groups excluding carboxylic acids is 1. The van der Waals surface area contributed by atoms with Gasteiger partial charge in [-0.3, -0.25) is 4.79 Å². The van der Waals surface area contributed by atoms with E-state index in [0.717, 1.165) is 49.2 Å². The first-order valence-corrected chi connectivity index (χ1v) is 11.6. The maximum Gasteiger partial charge on any atom is 0.224 e. The minimum absolute atomic E-state index is 0. The zero-order valence-corrected chi connectivity index (χ0v) is 22.4. The summed E-state index contributed by atoms with van der Waals surface area (Å²) < 4.78 is 11.1. The summed E-state index contributed by atoms with van der Waals surface area (Å²) in [7, 11) is 1.70. The fourth-order valence-electron chi connectivity index (χ4n) is 3.72. The molecule has 182 valence electrons. The van der Waals surface area contributed by atoms with Gasteiger partial charge in [-0.1, -0.05) is 12.1 Å². The highest BCUT2D eigenvalue weighted by molar-refractivity contribution is 14.0. The summed E-state index contributed by atoms with van der Waals surface area (Å²) in [5.74, 6) is 1.80. The molecule has 1 unspecified atom stereocenters. The third kappa shape index (κ3) is 9.94. The van der Waals surface area contributed by atoms with Gasteiger partial charge < -0.3 is 25.0 Å². The Kier molecular flexibility index (Phi) is 14.4. The predicted octanol–water partition coefficient (Wildman–Crippen LogP) is 3.87. The molecule has 8 heteroatoms. The molecular formula is C24H41IN4O3. The first-order chi connectivity index (χ1) is 15.0. The molecular weight excluding hydrogens is 519 g/mol. The van der Waals surface area contributed by atoms with Crippen LogP contribution in [0.25, 0.3) is 0 Å². The SMILES string of the molecule is CCNC(=NCc1ccc(C)cc1OCCCOC)NCCC(=O)N1CCCCC1C.I. The van der Waals surface area contributed by atoms with Gasteiger partial charge in [0, 0.05) is 57.8 Å². The molecule has 1 heterocycles. The number of nitrogens with one attached hydrogen (secondary N) is 2. The molecule has 1 fully saturated rings. The number of amides is 1. The number of rotatable bonds is 11. The van der Waals surface area contributed by atoms with Gasteiger partial charge >= 0.3 is 0 Å². The lowest BCUT2D eigenvalue weighted by Gasteiger charge is -2.33. The molecule has 1 saturated heterocycles. The van der Waals surface area contributed by atoms with Crippen molar-refractivity contribution in [2.24, 2.45) is 4.99 Å². The van der Waals surface area contributed by atoms with Crippen molar-refractivity contribution in [3.05, 3.63) is 29.3 Å². The lowest BCUT2D eigenvalue weighted by Crippen LogP contribution is -2.44. The number of hydrogen-bond donors (Lipinski definition) is 2. The van der Waals surface area contributed by atoms with E-state index in [0.29, 0.717) is 44.7 Å². The van der Waals surface area contributed by atoms with Crippen LogP contribution in [0, 0.1) is 6.92 Å². The summed E-state index contributed by atoms with van der Waals surface area (Å²) in [4.78, 5) is 19.3. The Bertz CT molecular complexity index is 714. The van der Waals surface area contributed by atoms with Crippen LogP contribution in [0.15, 0.2) is 23.2 Å². The van der Waals surface area contributed by atoms with Crippen LogP contribution in [0.3, 0.4) is 0 Å². The molecule has 1 aromatic rings. The van der Waals surface area contributed by atoms with Crippen molar-refractivity contribution >= 4 is 35.8 Å². The van der Waals surface area contributed by atoms with Crippen LogP contribution >= 0.6 is 24.0 Å². The monoisotopic (exact) mass is 560 g/mol. The standard InChI is InChI=1S/C24H40N4O3.HI/c1-5-25-24(26-13-12-23(29)28-14-7-6-9-20(28)3)27-18-21-11-10-19(2)17-22(21)31-16-8-15-30-4;/h10-11,17,20H,5-9,12-16,18H2,1-4H3,(H2,25,26,27);1H. The van der Waals surface area contributed by atoms with Crippen LogP contribution in [-0.4, -0.2) is 62.8 Å². The quantitative estimate of drug-likeness (QED) is 0.186. The summed E-state index contributed by atoms with van der Waals surface area (Å²) in [5, 5.41) is 6.56. The summed E-state index contributed by atoms with van der Waals surface area (Å²) in [6.45, 7) is 10.3. The molecule has 1 aromatic carbocycles. The average molecular weight is 561 g/mol. The van der Waals surface area contributed by atoms with E-state index >= 15 is 0 Å². The van der Waals surface area contributed by atoms with Crippen molar-refractivity contribution in [1.82, 2.24) is 15.5 Å². The number of halogens is 1. The number of hydrogen-bond acceptors (Lipinski definition) is 4. The van der Waals surface area contributed by atoms with Crippen LogP contribution in [0.4, 0.5) is 0 Å². The van der Waals surface area contributed by atoms with Crippen LogP contribution in [0.2, 0.25) is 0 Å². The molecule has 32 heavy (non-hydrogen) atoms. The molecule has 0 aliphatic carbocycles. The van der Waals surface area contributed by atoms with Gasteiger partial charge in [-0.05, 0) is 51.7 Å². The number of carbonyl (C=O) groups is 1. The van der Waals surface area contributed by atoms with Crippen LogP contribution < -0.4 is 15.4 Å². The number of benzene rings is 1. The highest BCUT2D eigenvalue weighted by Crippen LogP contribution is 2.21. The normalized spacial score (nSPS) is 16.3. The van der Waals surface area contributed by atoms with Gasteiger partial charge in [-0.2, -0.15) is 0 Å². The highest BCUT2D eigenvalue weighted by Gasteiger charge is 2.22. The third-order valence-corrected chi connectivity index (χ3v) is 5.48. The maximum atomic E-state index is 12.6. The highest BCUT2D eigenvalue weighted by atomic mass is 127. The Morgan fingerprint density at radius 1 is 1.25 bits per heavy atom. The zero-order valence-electron chi connectivity index (χ0n) is 20.1. The number of piperidine rings is 1. The number of aliphatic imine (C=N–C) groups is 1. The molecule has 0 bridgehead atoms. The number of methoxy groups -OCH3 is 1. The van der Waals surface area contributed by atoms with Gasteiger partial charge in [0.2, 0.25) is 5.91 Å². The number of aryl methyl sites for hydroxylation is 1. The van der Waals surface area contributed by atoms with E-state index in [-0.39, 0.29) is 29.9 Å². The fourth-order valence-corrected chi connectivity index (χ4v) is 3.72. The first kappa shape index (κ1) is 28.5. The Hall–Kier alpha value is -1.55. The van der Waals surface area contributed by atoms with Gasteiger partial charge in [0.25, 0.3) is 0 Å².